The summed E-state index contributed by atoms with van der Waals surface area (Å²) in [5.74, 6) is 0.515. The molecular formula is C18H14N6O. The number of aromatic amines is 1. The van der Waals surface area contributed by atoms with Gasteiger partial charge in [0.2, 0.25) is 0 Å². The highest BCUT2D eigenvalue weighted by Gasteiger charge is 2.11. The molecule has 0 saturated heterocycles. The van der Waals surface area contributed by atoms with Gasteiger partial charge in [0.05, 0.1) is 23.8 Å². The van der Waals surface area contributed by atoms with Gasteiger partial charge in [0, 0.05) is 23.5 Å². The average Bonchev–Trinajstić information content (AvgIpc) is 3.36. The first kappa shape index (κ1) is 14.8. The Morgan fingerprint density at radius 3 is 2.60 bits per heavy atom. The van der Waals surface area contributed by atoms with Crippen molar-refractivity contribution in [2.24, 2.45) is 0 Å². The van der Waals surface area contributed by atoms with E-state index in [1.54, 1.807) is 41.6 Å². The Morgan fingerprint density at radius 1 is 1.04 bits per heavy atom. The van der Waals surface area contributed by atoms with Crippen molar-refractivity contribution in [1.29, 1.82) is 0 Å². The van der Waals surface area contributed by atoms with E-state index in [0.717, 1.165) is 11.3 Å². The molecule has 2 aromatic carbocycles. The van der Waals surface area contributed by atoms with Gasteiger partial charge in [-0.15, -0.1) is 5.10 Å². The molecule has 4 rings (SSSR count). The fourth-order valence-corrected chi connectivity index (χ4v) is 2.52. The van der Waals surface area contributed by atoms with Gasteiger partial charge in [0.1, 0.15) is 5.82 Å². The van der Waals surface area contributed by atoms with Gasteiger partial charge in [-0.05, 0) is 36.4 Å². The van der Waals surface area contributed by atoms with Crippen LogP contribution in [0.3, 0.4) is 0 Å². The number of H-pyrrole nitrogens is 1. The van der Waals surface area contributed by atoms with Crippen LogP contribution in [0.1, 0.15) is 10.4 Å². The number of nitrogens with one attached hydrogen (secondary N) is 2. The third-order valence-corrected chi connectivity index (χ3v) is 3.75. The molecule has 0 aliphatic heterocycles. The average molecular weight is 330 g/mol. The highest BCUT2D eigenvalue weighted by Crippen LogP contribution is 2.25. The molecule has 2 heterocycles. The first-order valence-electron chi connectivity index (χ1n) is 7.68. The number of nitrogens with zero attached hydrogens (tertiary/aromatic N) is 4. The lowest BCUT2D eigenvalue weighted by molar-refractivity contribution is 0.102. The zero-order chi connectivity index (χ0) is 17.1. The van der Waals surface area contributed by atoms with E-state index in [4.69, 9.17) is 0 Å². The van der Waals surface area contributed by atoms with E-state index >= 15 is 0 Å². The van der Waals surface area contributed by atoms with E-state index in [1.165, 1.54) is 0 Å². The molecule has 2 aromatic heterocycles. The van der Waals surface area contributed by atoms with Crippen LogP contribution in [0.4, 0.5) is 5.69 Å². The van der Waals surface area contributed by atoms with Crippen LogP contribution in [-0.4, -0.2) is 30.9 Å². The van der Waals surface area contributed by atoms with Crippen LogP contribution in [0, 0.1) is 0 Å². The zero-order valence-corrected chi connectivity index (χ0v) is 13.1. The highest BCUT2D eigenvalue weighted by molar-refractivity contribution is 6.06. The molecule has 4 aromatic rings. The molecule has 0 radical (unpaired) electrons. The number of hydrogen-bond acceptors (Lipinski definition) is 4. The first-order valence-corrected chi connectivity index (χ1v) is 7.68. The number of amides is 1. The lowest BCUT2D eigenvalue weighted by Crippen LogP contribution is -2.12. The number of para-hydroxylation sites is 1. The zero-order valence-electron chi connectivity index (χ0n) is 13.1. The number of anilines is 1. The second-order valence-corrected chi connectivity index (χ2v) is 5.33. The Hall–Kier alpha value is -3.74. The van der Waals surface area contributed by atoms with Gasteiger partial charge < -0.3 is 10.3 Å². The molecule has 7 heteroatoms. The van der Waals surface area contributed by atoms with Crippen molar-refractivity contribution in [3.8, 4) is 17.1 Å². The molecular weight excluding hydrogens is 316 g/mol. The molecule has 0 saturated carbocycles. The SMILES string of the molecule is O=C(Nc1ccccc1-c1ncc[nH]1)c1ccc(-n2ccnn2)cc1. The summed E-state index contributed by atoms with van der Waals surface area (Å²) in [6.45, 7) is 0. The minimum atomic E-state index is -0.191. The molecule has 0 aliphatic carbocycles. The second-order valence-electron chi connectivity index (χ2n) is 5.33. The van der Waals surface area contributed by atoms with Crippen LogP contribution in [0.25, 0.3) is 17.1 Å². The Kier molecular flexibility index (Phi) is 3.80. The summed E-state index contributed by atoms with van der Waals surface area (Å²) in [5.41, 5.74) is 2.92. The normalized spacial score (nSPS) is 10.6. The van der Waals surface area contributed by atoms with Crippen LogP contribution in [0.2, 0.25) is 0 Å². The number of benzene rings is 2. The van der Waals surface area contributed by atoms with Gasteiger partial charge in [-0.1, -0.05) is 17.3 Å². The van der Waals surface area contributed by atoms with Crippen molar-refractivity contribution < 1.29 is 4.79 Å². The van der Waals surface area contributed by atoms with Gasteiger partial charge >= 0.3 is 0 Å². The molecule has 7 nitrogen and oxygen atoms in total. The molecule has 25 heavy (non-hydrogen) atoms. The number of aromatic nitrogens is 5. The van der Waals surface area contributed by atoms with Gasteiger partial charge in [-0.25, -0.2) is 9.67 Å². The van der Waals surface area contributed by atoms with Gasteiger partial charge in [-0.3, -0.25) is 4.79 Å². The molecule has 0 spiro atoms. The van der Waals surface area contributed by atoms with Crippen molar-refractivity contribution in [1.82, 2.24) is 25.0 Å². The molecule has 122 valence electrons. The summed E-state index contributed by atoms with van der Waals surface area (Å²) in [7, 11) is 0. The predicted molar refractivity (Wildman–Crippen MR) is 93.3 cm³/mol. The topological polar surface area (TPSA) is 88.5 Å². The first-order chi connectivity index (χ1) is 12.3. The number of carbonyl (C=O) groups excluding carboxylic acids is 1. The molecule has 2 N–H and O–H groups in total. The van der Waals surface area contributed by atoms with E-state index in [9.17, 15) is 4.79 Å². The van der Waals surface area contributed by atoms with Crippen LogP contribution < -0.4 is 5.32 Å². The summed E-state index contributed by atoms with van der Waals surface area (Å²) in [6.07, 6.45) is 6.77. The Balaban J connectivity index is 1.57. The summed E-state index contributed by atoms with van der Waals surface area (Å²) in [4.78, 5) is 19.9. The maximum atomic E-state index is 12.6. The molecule has 1 amide bonds. The minimum Gasteiger partial charge on any atom is -0.345 e. The van der Waals surface area contributed by atoms with Crippen LogP contribution in [0.5, 0.6) is 0 Å². The quantitative estimate of drug-likeness (QED) is 0.602. The largest absolute Gasteiger partial charge is 0.345 e. The number of rotatable bonds is 4. The minimum absolute atomic E-state index is 0.191. The van der Waals surface area contributed by atoms with E-state index in [0.29, 0.717) is 17.1 Å². The molecule has 0 atom stereocenters. The van der Waals surface area contributed by atoms with E-state index in [2.05, 4.69) is 25.6 Å². The fourth-order valence-electron chi connectivity index (χ4n) is 2.52. The lowest BCUT2D eigenvalue weighted by Gasteiger charge is -2.10. The van der Waals surface area contributed by atoms with E-state index in [-0.39, 0.29) is 5.91 Å². The standard InChI is InChI=1S/C18H14N6O/c25-18(13-5-7-14(8-6-13)24-12-11-21-23-24)22-16-4-2-1-3-15(16)17-19-9-10-20-17/h1-12H,(H,19,20)(H,22,25). The van der Waals surface area contributed by atoms with Gasteiger partial charge in [0.25, 0.3) is 5.91 Å². The summed E-state index contributed by atoms with van der Waals surface area (Å²) in [5, 5.41) is 10.6. The summed E-state index contributed by atoms with van der Waals surface area (Å²) < 4.78 is 1.63. The van der Waals surface area contributed by atoms with Gasteiger partial charge in [-0.2, -0.15) is 0 Å². The Morgan fingerprint density at radius 2 is 1.88 bits per heavy atom. The number of imidazole rings is 1. The summed E-state index contributed by atoms with van der Waals surface area (Å²) in [6, 6.07) is 14.7. The number of hydrogen-bond donors (Lipinski definition) is 2. The van der Waals surface area contributed by atoms with E-state index in [1.807, 2.05) is 36.4 Å². The van der Waals surface area contributed by atoms with Crippen molar-refractivity contribution in [2.75, 3.05) is 5.32 Å². The Bertz CT molecular complexity index is 975. The fraction of sp³-hybridized carbons (Fsp3) is 0. The van der Waals surface area contributed by atoms with Crippen LogP contribution >= 0.6 is 0 Å². The summed E-state index contributed by atoms with van der Waals surface area (Å²) >= 11 is 0. The second kappa shape index (κ2) is 6.40. The van der Waals surface area contributed by atoms with Gasteiger partial charge in [0.15, 0.2) is 0 Å². The maximum absolute atomic E-state index is 12.6. The Labute approximate surface area is 143 Å². The smallest absolute Gasteiger partial charge is 0.255 e. The highest BCUT2D eigenvalue weighted by atomic mass is 16.1. The van der Waals surface area contributed by atoms with Crippen molar-refractivity contribution in [3.63, 3.8) is 0 Å². The van der Waals surface area contributed by atoms with Crippen molar-refractivity contribution in [2.45, 2.75) is 0 Å². The molecule has 0 unspecified atom stereocenters. The van der Waals surface area contributed by atoms with Crippen LogP contribution in [-0.2, 0) is 0 Å². The number of carbonyl (C=O) groups is 1. The third-order valence-electron chi connectivity index (χ3n) is 3.75. The molecule has 0 fully saturated rings. The molecule has 0 bridgehead atoms. The van der Waals surface area contributed by atoms with E-state index < -0.39 is 0 Å². The maximum Gasteiger partial charge on any atom is 0.255 e. The lowest BCUT2D eigenvalue weighted by atomic mass is 10.1. The monoisotopic (exact) mass is 330 g/mol. The third kappa shape index (κ3) is 3.02. The molecule has 0 aliphatic rings. The van der Waals surface area contributed by atoms with Crippen LogP contribution in [0.15, 0.2) is 73.3 Å². The van der Waals surface area contributed by atoms with Crippen molar-refractivity contribution in [3.05, 3.63) is 78.9 Å². The van der Waals surface area contributed by atoms with Crippen molar-refractivity contribution >= 4 is 11.6 Å². The predicted octanol–water partition coefficient (Wildman–Crippen LogP) is 2.91.